The van der Waals surface area contributed by atoms with Crippen molar-refractivity contribution in [2.75, 3.05) is 13.2 Å². The molecule has 0 spiro atoms. The molecule has 1 N–H and O–H groups in total. The molecular formula is C18H28N2O2. The summed E-state index contributed by atoms with van der Waals surface area (Å²) in [7, 11) is 0. The summed E-state index contributed by atoms with van der Waals surface area (Å²) in [6.45, 7) is 10.3. The lowest BCUT2D eigenvalue weighted by Crippen LogP contribution is -2.48. The summed E-state index contributed by atoms with van der Waals surface area (Å²) in [5.41, 5.74) is 4.00. The monoisotopic (exact) mass is 304 g/mol. The van der Waals surface area contributed by atoms with E-state index >= 15 is 0 Å². The number of ether oxygens (including phenoxy) is 1. The van der Waals surface area contributed by atoms with E-state index in [-0.39, 0.29) is 0 Å². The number of allylic oxidation sites excluding steroid dienone is 1. The van der Waals surface area contributed by atoms with Crippen LogP contribution in [-0.4, -0.2) is 34.0 Å². The molecule has 22 heavy (non-hydrogen) atoms. The van der Waals surface area contributed by atoms with Crippen LogP contribution in [0.5, 0.6) is 0 Å². The van der Waals surface area contributed by atoms with Crippen LogP contribution in [0.1, 0.15) is 38.1 Å². The molecule has 0 aromatic carbocycles. The van der Waals surface area contributed by atoms with Crippen molar-refractivity contribution in [3.63, 3.8) is 0 Å². The van der Waals surface area contributed by atoms with Crippen molar-refractivity contribution in [3.05, 3.63) is 29.4 Å². The Morgan fingerprint density at radius 3 is 2.82 bits per heavy atom. The largest absolute Gasteiger partial charge is 0.389 e. The lowest BCUT2D eigenvalue weighted by atomic mass is 9.49. The van der Waals surface area contributed by atoms with Gasteiger partial charge in [-0.3, -0.25) is 0 Å². The third-order valence-corrected chi connectivity index (χ3v) is 5.91. The lowest BCUT2D eigenvalue weighted by Gasteiger charge is -2.56. The van der Waals surface area contributed by atoms with Crippen LogP contribution in [0, 0.1) is 31.1 Å². The third kappa shape index (κ3) is 2.74. The molecule has 0 radical (unpaired) electrons. The van der Waals surface area contributed by atoms with Crippen LogP contribution in [0.3, 0.4) is 0 Å². The van der Waals surface area contributed by atoms with Gasteiger partial charge in [0.1, 0.15) is 0 Å². The Balaban J connectivity index is 1.45. The fraction of sp³-hybridized carbons (Fsp3) is 0.722. The molecular weight excluding hydrogens is 276 g/mol. The molecule has 1 aromatic heterocycles. The first-order chi connectivity index (χ1) is 10.4. The van der Waals surface area contributed by atoms with Crippen molar-refractivity contribution in [3.8, 4) is 0 Å². The number of fused-ring (bicyclic) bond motifs is 1. The van der Waals surface area contributed by atoms with Gasteiger partial charge in [-0.2, -0.15) is 0 Å². The van der Waals surface area contributed by atoms with Gasteiger partial charge in [-0.1, -0.05) is 19.9 Å². The van der Waals surface area contributed by atoms with E-state index in [9.17, 15) is 5.11 Å². The molecule has 1 saturated carbocycles. The molecule has 0 unspecified atom stereocenters. The predicted molar refractivity (Wildman–Crippen MR) is 86.6 cm³/mol. The molecule has 1 fully saturated rings. The van der Waals surface area contributed by atoms with Crippen LogP contribution in [-0.2, 0) is 11.3 Å². The first-order valence-electron chi connectivity index (χ1n) is 8.32. The highest BCUT2D eigenvalue weighted by molar-refractivity contribution is 5.23. The molecule has 4 nitrogen and oxygen atoms in total. The van der Waals surface area contributed by atoms with Gasteiger partial charge in [0, 0.05) is 5.69 Å². The summed E-state index contributed by atoms with van der Waals surface area (Å²) in [5.74, 6) is 1.54. The summed E-state index contributed by atoms with van der Waals surface area (Å²) >= 11 is 0. The Morgan fingerprint density at radius 1 is 1.45 bits per heavy atom. The molecule has 0 saturated heterocycles. The van der Waals surface area contributed by atoms with Crippen LogP contribution in [0.2, 0.25) is 0 Å². The first-order valence-corrected chi connectivity index (χ1v) is 8.32. The topological polar surface area (TPSA) is 47.3 Å². The highest BCUT2D eigenvalue weighted by Crippen LogP contribution is 2.59. The second kappa shape index (κ2) is 5.82. The Hall–Kier alpha value is -1.13. The number of hydrogen-bond acceptors (Lipinski definition) is 3. The maximum absolute atomic E-state index is 10.2. The second-order valence-electron chi connectivity index (χ2n) is 7.56. The van der Waals surface area contributed by atoms with Crippen LogP contribution >= 0.6 is 0 Å². The SMILES string of the molecule is Cc1ncn(C[C@@H](O)COCC2=CC[C@H]3C[C@H]2C3(C)C)c1C. The quantitative estimate of drug-likeness (QED) is 0.822. The molecule has 0 aliphatic heterocycles. The zero-order chi connectivity index (χ0) is 15.9. The second-order valence-corrected chi connectivity index (χ2v) is 7.56. The number of rotatable bonds is 6. The van der Waals surface area contributed by atoms with Gasteiger partial charge in [0.15, 0.2) is 0 Å². The van der Waals surface area contributed by atoms with Gasteiger partial charge in [0.2, 0.25) is 0 Å². The van der Waals surface area contributed by atoms with E-state index in [1.54, 1.807) is 6.33 Å². The zero-order valence-electron chi connectivity index (χ0n) is 14.2. The molecule has 1 heterocycles. The summed E-state index contributed by atoms with van der Waals surface area (Å²) in [4.78, 5) is 4.26. The molecule has 2 bridgehead atoms. The molecule has 3 aliphatic carbocycles. The normalized spacial score (nSPS) is 27.2. The van der Waals surface area contributed by atoms with Gasteiger partial charge < -0.3 is 14.4 Å². The Kier molecular flexibility index (Phi) is 4.17. The van der Waals surface area contributed by atoms with Gasteiger partial charge in [0.05, 0.1) is 37.9 Å². The van der Waals surface area contributed by atoms with E-state index in [1.165, 1.54) is 18.4 Å². The van der Waals surface area contributed by atoms with Gasteiger partial charge >= 0.3 is 0 Å². The van der Waals surface area contributed by atoms with Gasteiger partial charge in [0.25, 0.3) is 0 Å². The molecule has 4 rings (SSSR count). The fourth-order valence-electron chi connectivity index (χ4n) is 3.96. The van der Waals surface area contributed by atoms with Crippen LogP contribution in [0.15, 0.2) is 18.0 Å². The molecule has 1 aromatic rings. The number of hydrogen-bond donors (Lipinski definition) is 1. The highest BCUT2D eigenvalue weighted by Gasteiger charge is 2.50. The van der Waals surface area contributed by atoms with Crippen molar-refractivity contribution >= 4 is 0 Å². The van der Waals surface area contributed by atoms with Gasteiger partial charge in [-0.15, -0.1) is 0 Å². The van der Waals surface area contributed by atoms with Crippen molar-refractivity contribution in [2.24, 2.45) is 17.3 Å². The van der Waals surface area contributed by atoms with E-state index in [1.807, 2.05) is 18.4 Å². The number of aromatic nitrogens is 2. The average Bonchev–Trinajstić information content (AvgIpc) is 2.79. The van der Waals surface area contributed by atoms with Crippen molar-refractivity contribution in [2.45, 2.75) is 53.2 Å². The van der Waals surface area contributed by atoms with Crippen LogP contribution in [0.25, 0.3) is 0 Å². The minimum absolute atomic E-state index is 0.380. The molecule has 4 heteroatoms. The summed E-state index contributed by atoms with van der Waals surface area (Å²) < 4.78 is 7.78. The molecule has 0 amide bonds. The van der Waals surface area contributed by atoms with E-state index < -0.39 is 6.10 Å². The van der Waals surface area contributed by atoms with Crippen molar-refractivity contribution in [1.82, 2.24) is 9.55 Å². The van der Waals surface area contributed by atoms with Gasteiger partial charge in [-0.25, -0.2) is 4.98 Å². The van der Waals surface area contributed by atoms with E-state index in [0.29, 0.717) is 31.1 Å². The molecule has 3 aliphatic rings. The lowest BCUT2D eigenvalue weighted by molar-refractivity contribution is -0.0247. The Labute approximate surface area is 133 Å². The predicted octanol–water partition coefficient (Wildman–Crippen LogP) is 2.87. The summed E-state index contributed by atoms with van der Waals surface area (Å²) in [6.07, 6.45) is 6.17. The smallest absolute Gasteiger partial charge is 0.0952 e. The standard InChI is InChI=1S/C18H28N2O2/c1-12-13(2)20(11-19-12)8-16(21)10-22-9-14-5-6-15-7-17(14)18(15,3)4/h5,11,15-17,21H,6-10H2,1-4H3/t15-,16+,17+/m0/s1. The van der Waals surface area contributed by atoms with Crippen molar-refractivity contribution in [1.29, 1.82) is 0 Å². The maximum atomic E-state index is 10.2. The van der Waals surface area contributed by atoms with Gasteiger partial charge in [-0.05, 0) is 49.5 Å². The summed E-state index contributed by atoms with van der Waals surface area (Å²) in [5, 5.41) is 10.2. The minimum atomic E-state index is -0.487. The number of aryl methyl sites for hydroxylation is 1. The number of imidazole rings is 1. The highest BCUT2D eigenvalue weighted by atomic mass is 16.5. The Morgan fingerprint density at radius 2 is 2.23 bits per heavy atom. The molecule has 122 valence electrons. The summed E-state index contributed by atoms with van der Waals surface area (Å²) in [6, 6.07) is 0. The van der Waals surface area contributed by atoms with Crippen LogP contribution in [0.4, 0.5) is 0 Å². The van der Waals surface area contributed by atoms with Crippen molar-refractivity contribution < 1.29 is 9.84 Å². The van der Waals surface area contributed by atoms with Crippen LogP contribution < -0.4 is 0 Å². The maximum Gasteiger partial charge on any atom is 0.0952 e. The number of aliphatic hydroxyl groups excluding tert-OH is 1. The zero-order valence-corrected chi connectivity index (χ0v) is 14.2. The number of aliphatic hydroxyl groups is 1. The van der Waals surface area contributed by atoms with E-state index in [4.69, 9.17) is 4.74 Å². The Bertz CT molecular complexity index is 574. The third-order valence-electron chi connectivity index (χ3n) is 5.91. The van der Waals surface area contributed by atoms with E-state index in [2.05, 4.69) is 24.9 Å². The fourth-order valence-corrected chi connectivity index (χ4v) is 3.96. The number of nitrogens with zero attached hydrogens (tertiary/aromatic N) is 2. The average molecular weight is 304 g/mol. The first kappa shape index (κ1) is 15.8. The minimum Gasteiger partial charge on any atom is -0.389 e. The van der Waals surface area contributed by atoms with E-state index in [0.717, 1.165) is 17.3 Å². The molecule has 3 atom stereocenters.